The minimum Gasteiger partial charge on any atom is -0.352 e. The molecule has 0 unspecified atom stereocenters. The fourth-order valence-corrected chi connectivity index (χ4v) is 5.80. The predicted molar refractivity (Wildman–Crippen MR) is 135 cm³/mol. The number of urea groups is 1. The van der Waals surface area contributed by atoms with Gasteiger partial charge >= 0.3 is 6.03 Å². The van der Waals surface area contributed by atoms with Gasteiger partial charge in [-0.25, -0.2) is 14.5 Å². The maximum atomic E-state index is 12.7. The molecule has 3 amide bonds. The number of amides is 3. The van der Waals surface area contributed by atoms with E-state index in [-0.39, 0.29) is 18.4 Å². The molecule has 8 nitrogen and oxygen atoms in total. The highest BCUT2D eigenvalue weighted by Gasteiger charge is 2.29. The molecule has 2 aromatic carbocycles. The number of aromatic nitrogens is 3. The number of benzene rings is 2. The third-order valence-corrected chi connectivity index (χ3v) is 7.49. The fourth-order valence-electron chi connectivity index (χ4n) is 4.65. The van der Waals surface area contributed by atoms with Gasteiger partial charge in [-0.05, 0) is 36.2 Å². The Labute approximate surface area is 206 Å². The van der Waals surface area contributed by atoms with Crippen LogP contribution in [0.3, 0.4) is 0 Å². The lowest BCUT2D eigenvalue weighted by molar-refractivity contribution is -0.120. The van der Waals surface area contributed by atoms with E-state index in [1.54, 1.807) is 16.2 Å². The van der Waals surface area contributed by atoms with Gasteiger partial charge in [-0.3, -0.25) is 9.69 Å². The number of carbonyl (C=O) groups excluding carboxylic acids is 2. The number of hydrogen-bond acceptors (Lipinski definition) is 5. The SMILES string of the molecule is Cc1ccccc1-n1ncc2c1-c1sc(CC(=O)NCc3cccc(N4CCNC4=O)c3)nc1C2. The molecule has 9 heteroatoms. The number of anilines is 1. The average Bonchev–Trinajstić information content (AvgIpc) is 3.61. The van der Waals surface area contributed by atoms with Crippen molar-refractivity contribution in [1.29, 1.82) is 0 Å². The Kier molecular flexibility index (Phi) is 5.33. The van der Waals surface area contributed by atoms with Crippen LogP contribution in [0.5, 0.6) is 0 Å². The lowest BCUT2D eigenvalue weighted by Crippen LogP contribution is -2.28. The summed E-state index contributed by atoms with van der Waals surface area (Å²) < 4.78 is 1.99. The molecule has 1 saturated heterocycles. The summed E-state index contributed by atoms with van der Waals surface area (Å²) in [4.78, 5) is 32.2. The smallest absolute Gasteiger partial charge is 0.321 e. The highest BCUT2D eigenvalue weighted by molar-refractivity contribution is 7.15. The monoisotopic (exact) mass is 484 g/mol. The van der Waals surface area contributed by atoms with E-state index in [1.807, 2.05) is 47.3 Å². The summed E-state index contributed by atoms with van der Waals surface area (Å²) in [7, 11) is 0. The number of rotatable bonds is 6. The Morgan fingerprint density at radius 2 is 2.09 bits per heavy atom. The lowest BCUT2D eigenvalue weighted by Gasteiger charge is -2.15. The molecule has 3 heterocycles. The molecule has 0 spiro atoms. The van der Waals surface area contributed by atoms with Crippen LogP contribution in [0, 0.1) is 6.92 Å². The molecule has 0 bridgehead atoms. The predicted octanol–water partition coefficient (Wildman–Crippen LogP) is 3.60. The summed E-state index contributed by atoms with van der Waals surface area (Å²) in [6.07, 6.45) is 2.90. The second kappa shape index (κ2) is 8.66. The molecule has 1 aliphatic carbocycles. The minimum atomic E-state index is -0.0880. The van der Waals surface area contributed by atoms with Gasteiger partial charge in [0.2, 0.25) is 5.91 Å². The van der Waals surface area contributed by atoms with Crippen LogP contribution in [0.25, 0.3) is 16.3 Å². The van der Waals surface area contributed by atoms with Crippen molar-refractivity contribution in [3.63, 3.8) is 0 Å². The second-order valence-electron chi connectivity index (χ2n) is 8.78. The molecule has 176 valence electrons. The molecule has 0 saturated carbocycles. The van der Waals surface area contributed by atoms with Crippen molar-refractivity contribution < 1.29 is 9.59 Å². The first-order chi connectivity index (χ1) is 17.1. The van der Waals surface area contributed by atoms with Crippen molar-refractivity contribution in [2.45, 2.75) is 26.3 Å². The van der Waals surface area contributed by atoms with Crippen LogP contribution in [-0.2, 0) is 24.2 Å². The zero-order chi connectivity index (χ0) is 23.9. The van der Waals surface area contributed by atoms with E-state index in [4.69, 9.17) is 4.98 Å². The number of carbonyl (C=O) groups is 2. The highest BCUT2D eigenvalue weighted by Crippen LogP contribution is 2.41. The molecule has 6 rings (SSSR count). The number of aryl methyl sites for hydroxylation is 1. The van der Waals surface area contributed by atoms with Gasteiger partial charge in [0.05, 0.1) is 34.6 Å². The largest absolute Gasteiger partial charge is 0.352 e. The number of hydrogen-bond donors (Lipinski definition) is 2. The summed E-state index contributed by atoms with van der Waals surface area (Å²) >= 11 is 1.57. The van der Waals surface area contributed by atoms with E-state index in [9.17, 15) is 9.59 Å². The molecule has 2 N–H and O–H groups in total. The summed E-state index contributed by atoms with van der Waals surface area (Å²) in [6.45, 7) is 3.77. The highest BCUT2D eigenvalue weighted by atomic mass is 32.1. The van der Waals surface area contributed by atoms with Crippen LogP contribution in [0.15, 0.2) is 54.7 Å². The minimum absolute atomic E-state index is 0.0747. The fraction of sp³-hybridized carbons (Fsp3) is 0.231. The number of thiazole rings is 1. The molecule has 4 aromatic rings. The number of nitrogens with zero attached hydrogens (tertiary/aromatic N) is 4. The van der Waals surface area contributed by atoms with Crippen molar-refractivity contribution in [2.24, 2.45) is 0 Å². The summed E-state index contributed by atoms with van der Waals surface area (Å²) in [5.41, 5.74) is 7.27. The molecule has 0 atom stereocenters. The van der Waals surface area contributed by atoms with Gasteiger partial charge in [0.25, 0.3) is 0 Å². The second-order valence-corrected chi connectivity index (χ2v) is 9.87. The van der Waals surface area contributed by atoms with Crippen molar-refractivity contribution in [2.75, 3.05) is 18.0 Å². The van der Waals surface area contributed by atoms with Crippen LogP contribution in [0.2, 0.25) is 0 Å². The first-order valence-corrected chi connectivity index (χ1v) is 12.4. The zero-order valence-corrected chi connectivity index (χ0v) is 20.1. The van der Waals surface area contributed by atoms with Crippen LogP contribution in [0.4, 0.5) is 10.5 Å². The van der Waals surface area contributed by atoms with E-state index in [0.717, 1.165) is 50.2 Å². The molecule has 0 radical (unpaired) electrons. The quantitative estimate of drug-likeness (QED) is 0.385. The molecule has 35 heavy (non-hydrogen) atoms. The van der Waals surface area contributed by atoms with Crippen molar-refractivity contribution in [3.8, 4) is 16.3 Å². The van der Waals surface area contributed by atoms with Crippen LogP contribution < -0.4 is 15.5 Å². The van der Waals surface area contributed by atoms with Gasteiger partial charge in [-0.1, -0.05) is 30.3 Å². The first kappa shape index (κ1) is 21.5. The van der Waals surface area contributed by atoms with E-state index >= 15 is 0 Å². The van der Waals surface area contributed by atoms with Gasteiger partial charge in [-0.2, -0.15) is 5.10 Å². The average molecular weight is 485 g/mol. The molecule has 1 fully saturated rings. The van der Waals surface area contributed by atoms with Gasteiger partial charge < -0.3 is 10.6 Å². The summed E-state index contributed by atoms with van der Waals surface area (Å²) in [5.74, 6) is -0.0747. The molecule has 2 aromatic heterocycles. The van der Waals surface area contributed by atoms with Crippen LogP contribution in [-0.4, -0.2) is 39.8 Å². The maximum Gasteiger partial charge on any atom is 0.321 e. The Morgan fingerprint density at radius 1 is 1.20 bits per heavy atom. The molecule has 2 aliphatic rings. The number of para-hydroxylation sites is 1. The summed E-state index contributed by atoms with van der Waals surface area (Å²) in [5, 5.41) is 11.2. The van der Waals surface area contributed by atoms with Crippen molar-refractivity contribution >= 4 is 29.0 Å². The van der Waals surface area contributed by atoms with E-state index in [2.05, 4.69) is 34.8 Å². The van der Waals surface area contributed by atoms with Gasteiger partial charge in [-0.15, -0.1) is 11.3 Å². The lowest BCUT2D eigenvalue weighted by atomic mass is 10.2. The third kappa shape index (κ3) is 3.97. The van der Waals surface area contributed by atoms with Gasteiger partial charge in [0, 0.05) is 37.3 Å². The van der Waals surface area contributed by atoms with E-state index < -0.39 is 0 Å². The van der Waals surface area contributed by atoms with Crippen molar-refractivity contribution in [1.82, 2.24) is 25.4 Å². The van der Waals surface area contributed by atoms with E-state index in [1.165, 1.54) is 5.56 Å². The Hall–Kier alpha value is -3.98. The maximum absolute atomic E-state index is 12.7. The number of nitrogens with one attached hydrogen (secondary N) is 2. The Bertz CT molecular complexity index is 1460. The molecular weight excluding hydrogens is 460 g/mol. The summed E-state index contributed by atoms with van der Waals surface area (Å²) in [6, 6.07) is 15.8. The van der Waals surface area contributed by atoms with Gasteiger partial charge in [0.15, 0.2) is 0 Å². The number of fused-ring (bicyclic) bond motifs is 3. The van der Waals surface area contributed by atoms with Crippen molar-refractivity contribution in [3.05, 3.63) is 82.1 Å². The Morgan fingerprint density at radius 3 is 2.91 bits per heavy atom. The van der Waals surface area contributed by atoms with Crippen LogP contribution in [0.1, 0.15) is 27.4 Å². The topological polar surface area (TPSA) is 92.2 Å². The van der Waals surface area contributed by atoms with E-state index in [0.29, 0.717) is 19.6 Å². The first-order valence-electron chi connectivity index (χ1n) is 11.6. The molecular formula is C26H24N6O2S. The van der Waals surface area contributed by atoms with Crippen LogP contribution >= 0.6 is 11.3 Å². The standard InChI is InChI=1S/C26H24N6O2S/c1-16-5-2-3-8-21(16)32-24-18(15-29-32)12-20-25(24)35-23(30-20)13-22(33)28-14-17-6-4-7-19(11-17)31-10-9-27-26(31)34/h2-8,11,15H,9-10,12-14H2,1H3,(H,27,34)(H,28,33). The normalized spacial score (nSPS) is 14.1. The zero-order valence-electron chi connectivity index (χ0n) is 19.2. The third-order valence-electron chi connectivity index (χ3n) is 6.38. The Balaban J connectivity index is 1.14. The van der Waals surface area contributed by atoms with Gasteiger partial charge in [0.1, 0.15) is 5.01 Å². The molecule has 1 aliphatic heterocycles.